The van der Waals surface area contributed by atoms with Crippen molar-refractivity contribution in [3.8, 4) is 5.75 Å². The Labute approximate surface area is 172 Å². The fraction of sp³-hybridized carbons (Fsp3) is 0.421. The van der Waals surface area contributed by atoms with Gasteiger partial charge in [0.1, 0.15) is 5.75 Å². The summed E-state index contributed by atoms with van der Waals surface area (Å²) >= 11 is 7.27. The third kappa shape index (κ3) is 5.06. The van der Waals surface area contributed by atoms with E-state index < -0.39 is 0 Å². The summed E-state index contributed by atoms with van der Waals surface area (Å²) in [6, 6.07) is 5.04. The van der Waals surface area contributed by atoms with Gasteiger partial charge in [-0.15, -0.1) is 0 Å². The number of fused-ring (bicyclic) bond motifs is 1. The zero-order valence-electron chi connectivity index (χ0n) is 15.9. The van der Waals surface area contributed by atoms with E-state index in [1.54, 1.807) is 18.2 Å². The molecule has 9 heteroatoms. The Bertz CT molecular complexity index is 919. The molecule has 0 saturated heterocycles. The Balaban J connectivity index is 1.60. The SMILES string of the molecule is CCCN1CCc2nc(SCC(=O)Nc3ccc(OC)c(Cl)c3)[nH]c(=O)c2C1. The van der Waals surface area contributed by atoms with Crippen molar-refractivity contribution in [1.29, 1.82) is 0 Å². The van der Waals surface area contributed by atoms with Crippen LogP contribution < -0.4 is 15.6 Å². The molecule has 2 aromatic rings. The van der Waals surface area contributed by atoms with Crippen molar-refractivity contribution in [2.24, 2.45) is 0 Å². The van der Waals surface area contributed by atoms with Gasteiger partial charge in [-0.1, -0.05) is 30.3 Å². The Morgan fingerprint density at radius 1 is 1.46 bits per heavy atom. The highest BCUT2D eigenvalue weighted by Crippen LogP contribution is 2.27. The van der Waals surface area contributed by atoms with E-state index >= 15 is 0 Å². The van der Waals surface area contributed by atoms with E-state index in [1.807, 2.05) is 0 Å². The molecule has 2 N–H and O–H groups in total. The Morgan fingerprint density at radius 2 is 2.29 bits per heavy atom. The molecule has 1 aliphatic rings. The number of halogens is 1. The highest BCUT2D eigenvalue weighted by atomic mass is 35.5. The number of rotatable bonds is 7. The van der Waals surface area contributed by atoms with Crippen LogP contribution in [0.15, 0.2) is 28.2 Å². The number of ether oxygens (including phenoxy) is 1. The molecular weight excluding hydrogens is 400 g/mol. The molecule has 0 saturated carbocycles. The number of carbonyl (C=O) groups excluding carboxylic acids is 1. The molecule has 1 aliphatic heterocycles. The molecular formula is C19H23ClN4O3S. The van der Waals surface area contributed by atoms with E-state index in [-0.39, 0.29) is 17.2 Å². The fourth-order valence-electron chi connectivity index (χ4n) is 3.11. The lowest BCUT2D eigenvalue weighted by atomic mass is 10.1. The molecule has 0 atom stereocenters. The Kier molecular flexibility index (Phi) is 6.98. The van der Waals surface area contributed by atoms with E-state index in [4.69, 9.17) is 16.3 Å². The van der Waals surface area contributed by atoms with Gasteiger partial charge in [-0.05, 0) is 31.2 Å². The van der Waals surface area contributed by atoms with Gasteiger partial charge in [-0.3, -0.25) is 14.5 Å². The summed E-state index contributed by atoms with van der Waals surface area (Å²) in [4.78, 5) is 34.2. The second-order valence-corrected chi connectivity index (χ2v) is 7.88. The second kappa shape index (κ2) is 9.45. The van der Waals surface area contributed by atoms with Crippen LogP contribution in [0, 0.1) is 0 Å². The molecule has 0 bridgehead atoms. The summed E-state index contributed by atoms with van der Waals surface area (Å²) < 4.78 is 5.09. The first-order valence-corrected chi connectivity index (χ1v) is 10.5. The average Bonchev–Trinajstić information content (AvgIpc) is 2.67. The summed E-state index contributed by atoms with van der Waals surface area (Å²) in [5, 5.41) is 3.67. The maximum Gasteiger partial charge on any atom is 0.256 e. The lowest BCUT2D eigenvalue weighted by molar-refractivity contribution is -0.113. The molecule has 0 aliphatic carbocycles. The minimum atomic E-state index is -0.208. The number of carbonyl (C=O) groups is 1. The van der Waals surface area contributed by atoms with Crippen LogP contribution in [0.5, 0.6) is 5.75 Å². The van der Waals surface area contributed by atoms with Crippen LogP contribution in [0.25, 0.3) is 0 Å². The van der Waals surface area contributed by atoms with E-state index in [1.165, 1.54) is 18.9 Å². The zero-order valence-corrected chi connectivity index (χ0v) is 17.5. The van der Waals surface area contributed by atoms with Crippen molar-refractivity contribution in [2.75, 3.05) is 31.3 Å². The van der Waals surface area contributed by atoms with Crippen LogP contribution in [0.4, 0.5) is 5.69 Å². The van der Waals surface area contributed by atoms with Crippen molar-refractivity contribution in [1.82, 2.24) is 14.9 Å². The van der Waals surface area contributed by atoms with Gasteiger partial charge in [0.15, 0.2) is 5.16 Å². The summed E-state index contributed by atoms with van der Waals surface area (Å²) in [6.07, 6.45) is 1.81. The number of hydrogen-bond acceptors (Lipinski definition) is 6. The molecule has 1 aromatic heterocycles. The maximum atomic E-state index is 12.4. The smallest absolute Gasteiger partial charge is 0.256 e. The number of hydrogen-bond donors (Lipinski definition) is 2. The number of benzene rings is 1. The number of aromatic nitrogens is 2. The van der Waals surface area contributed by atoms with E-state index in [9.17, 15) is 9.59 Å². The molecule has 28 heavy (non-hydrogen) atoms. The minimum Gasteiger partial charge on any atom is -0.495 e. The Morgan fingerprint density at radius 3 is 3.00 bits per heavy atom. The van der Waals surface area contributed by atoms with Crippen LogP contribution in [-0.4, -0.2) is 46.7 Å². The Hall–Kier alpha value is -2.03. The van der Waals surface area contributed by atoms with Gasteiger partial charge in [0.2, 0.25) is 5.91 Å². The van der Waals surface area contributed by atoms with Crippen molar-refractivity contribution in [3.05, 3.63) is 44.8 Å². The largest absolute Gasteiger partial charge is 0.495 e. The number of anilines is 1. The van der Waals surface area contributed by atoms with Crippen LogP contribution in [0.3, 0.4) is 0 Å². The van der Waals surface area contributed by atoms with Crippen molar-refractivity contribution < 1.29 is 9.53 Å². The number of thioether (sulfide) groups is 1. The van der Waals surface area contributed by atoms with Gasteiger partial charge in [-0.2, -0.15) is 0 Å². The van der Waals surface area contributed by atoms with E-state index in [2.05, 4.69) is 27.1 Å². The molecule has 7 nitrogen and oxygen atoms in total. The molecule has 0 unspecified atom stereocenters. The maximum absolute atomic E-state index is 12.4. The quantitative estimate of drug-likeness (QED) is 0.527. The number of nitrogens with zero attached hydrogens (tertiary/aromatic N) is 2. The fourth-order valence-corrected chi connectivity index (χ4v) is 4.05. The summed E-state index contributed by atoms with van der Waals surface area (Å²) in [7, 11) is 1.53. The molecule has 0 radical (unpaired) electrons. The third-order valence-electron chi connectivity index (χ3n) is 4.44. The van der Waals surface area contributed by atoms with Crippen LogP contribution >= 0.6 is 23.4 Å². The van der Waals surface area contributed by atoms with Crippen LogP contribution in [-0.2, 0) is 17.8 Å². The predicted octanol–water partition coefficient (Wildman–Crippen LogP) is 2.93. The lowest BCUT2D eigenvalue weighted by Crippen LogP contribution is -2.36. The van der Waals surface area contributed by atoms with Gasteiger partial charge in [0.05, 0.1) is 29.1 Å². The molecule has 1 aromatic carbocycles. The molecule has 3 rings (SSSR count). The third-order valence-corrected chi connectivity index (χ3v) is 5.61. The van der Waals surface area contributed by atoms with Gasteiger partial charge in [0.25, 0.3) is 5.56 Å². The first-order valence-electron chi connectivity index (χ1n) is 9.10. The zero-order chi connectivity index (χ0) is 20.1. The first-order chi connectivity index (χ1) is 13.5. The molecule has 2 heterocycles. The highest BCUT2D eigenvalue weighted by Gasteiger charge is 2.20. The molecule has 1 amide bonds. The number of H-pyrrole nitrogens is 1. The number of methoxy groups -OCH3 is 1. The number of amides is 1. The highest BCUT2D eigenvalue weighted by molar-refractivity contribution is 7.99. The van der Waals surface area contributed by atoms with Crippen molar-refractivity contribution in [2.45, 2.75) is 31.5 Å². The van der Waals surface area contributed by atoms with Crippen molar-refractivity contribution >= 4 is 35.0 Å². The van der Waals surface area contributed by atoms with Crippen molar-refractivity contribution in [3.63, 3.8) is 0 Å². The topological polar surface area (TPSA) is 87.3 Å². The number of aromatic amines is 1. The molecule has 0 spiro atoms. The summed E-state index contributed by atoms with van der Waals surface area (Å²) in [5.74, 6) is 0.468. The first kappa shape index (κ1) is 20.7. The van der Waals surface area contributed by atoms with Gasteiger partial charge in [-0.25, -0.2) is 4.98 Å². The monoisotopic (exact) mass is 422 g/mol. The van der Waals surface area contributed by atoms with E-state index in [0.717, 1.165) is 37.2 Å². The van der Waals surface area contributed by atoms with Crippen LogP contribution in [0.1, 0.15) is 24.6 Å². The lowest BCUT2D eigenvalue weighted by Gasteiger charge is -2.27. The van der Waals surface area contributed by atoms with Gasteiger partial charge < -0.3 is 15.0 Å². The average molecular weight is 423 g/mol. The molecule has 150 valence electrons. The summed E-state index contributed by atoms with van der Waals surface area (Å²) in [6.45, 7) is 4.64. The minimum absolute atomic E-state index is 0.115. The predicted molar refractivity (Wildman–Crippen MR) is 111 cm³/mol. The molecule has 0 fully saturated rings. The van der Waals surface area contributed by atoms with Gasteiger partial charge >= 0.3 is 0 Å². The normalized spacial score (nSPS) is 13.8. The van der Waals surface area contributed by atoms with Gasteiger partial charge in [0, 0.05) is 25.2 Å². The second-order valence-electron chi connectivity index (χ2n) is 6.51. The number of nitrogens with one attached hydrogen (secondary N) is 2. The van der Waals surface area contributed by atoms with Crippen LogP contribution in [0.2, 0.25) is 5.02 Å². The standard InChI is InChI=1S/C19H23ClN4O3S/c1-3-7-24-8-6-15-13(10-24)18(26)23-19(22-15)28-11-17(25)21-12-4-5-16(27-2)14(20)9-12/h4-5,9H,3,6-8,10-11H2,1-2H3,(H,21,25)(H,22,23,26). The van der Waals surface area contributed by atoms with E-state index in [0.29, 0.717) is 28.2 Å². The summed E-state index contributed by atoms with van der Waals surface area (Å²) in [5.41, 5.74) is 2.04.